The molecule has 0 saturated carbocycles. The van der Waals surface area contributed by atoms with E-state index in [1.54, 1.807) is 25.2 Å². The second kappa shape index (κ2) is 11.0. The number of nitrogens with zero attached hydrogens (tertiary/aromatic N) is 4. The van der Waals surface area contributed by atoms with Crippen LogP contribution < -0.4 is 20.3 Å². The minimum Gasteiger partial charge on any atom is -0.474 e. The predicted octanol–water partition coefficient (Wildman–Crippen LogP) is 4.32. The number of likely N-dealkylation sites (tertiary alicyclic amines) is 1. The molecule has 2 N–H and O–H groups in total. The summed E-state index contributed by atoms with van der Waals surface area (Å²) in [4.78, 5) is 21.3. The van der Waals surface area contributed by atoms with Gasteiger partial charge < -0.3 is 25.2 Å². The van der Waals surface area contributed by atoms with Crippen molar-refractivity contribution in [1.82, 2.24) is 15.2 Å². The van der Waals surface area contributed by atoms with Crippen molar-refractivity contribution in [3.8, 4) is 11.9 Å². The molecule has 8 nitrogen and oxygen atoms in total. The minimum atomic E-state index is -0.167. The minimum absolute atomic E-state index is 0.0139. The molecule has 0 atom stereocenters. The molecule has 2 heterocycles. The third kappa shape index (κ3) is 6.86. The molecule has 35 heavy (non-hydrogen) atoms. The summed E-state index contributed by atoms with van der Waals surface area (Å²) in [6, 6.07) is 9.63. The van der Waals surface area contributed by atoms with Gasteiger partial charge in [-0.05, 0) is 49.9 Å². The van der Waals surface area contributed by atoms with Crippen LogP contribution >= 0.6 is 0 Å². The van der Waals surface area contributed by atoms with Gasteiger partial charge in [-0.1, -0.05) is 26.8 Å². The number of hydrogen-bond acceptors (Lipinski definition) is 7. The van der Waals surface area contributed by atoms with Crippen LogP contribution in [0.3, 0.4) is 0 Å². The Kier molecular flexibility index (Phi) is 8.23. The number of benzene rings is 1. The SMILES string of the molecule is CNC(=O)c1ccc(C)c(Nc2cc(OC3CCN(C)CC3)nc(N(C)CC(C)(C)C)c2C#N)c1. The monoisotopic (exact) mass is 478 g/mol. The normalized spacial score (nSPS) is 14.8. The molecule has 0 unspecified atom stereocenters. The maximum Gasteiger partial charge on any atom is 0.251 e. The number of hydrogen-bond donors (Lipinski definition) is 2. The summed E-state index contributed by atoms with van der Waals surface area (Å²) in [5, 5.41) is 16.2. The fourth-order valence-corrected chi connectivity index (χ4v) is 4.30. The molecule has 0 bridgehead atoms. The number of pyridine rings is 1. The van der Waals surface area contributed by atoms with Gasteiger partial charge in [-0.2, -0.15) is 10.2 Å². The summed E-state index contributed by atoms with van der Waals surface area (Å²) >= 11 is 0. The first-order valence-corrected chi connectivity index (χ1v) is 12.1. The lowest BCUT2D eigenvalue weighted by molar-refractivity contribution is 0.0963. The molecule has 1 aromatic heterocycles. The van der Waals surface area contributed by atoms with E-state index in [4.69, 9.17) is 9.72 Å². The summed E-state index contributed by atoms with van der Waals surface area (Å²) < 4.78 is 6.33. The van der Waals surface area contributed by atoms with Gasteiger partial charge in [0, 0.05) is 51.0 Å². The first-order valence-electron chi connectivity index (χ1n) is 12.1. The fourth-order valence-electron chi connectivity index (χ4n) is 4.30. The number of nitriles is 1. The van der Waals surface area contributed by atoms with E-state index in [2.05, 4.69) is 49.4 Å². The van der Waals surface area contributed by atoms with Crippen LogP contribution in [0.1, 0.15) is 55.1 Å². The number of ether oxygens (including phenoxy) is 1. The molecule has 3 rings (SSSR count). The number of anilines is 3. The van der Waals surface area contributed by atoms with Crippen LogP contribution in [0.15, 0.2) is 24.3 Å². The van der Waals surface area contributed by atoms with Gasteiger partial charge in [0.1, 0.15) is 17.7 Å². The Labute approximate surface area is 209 Å². The first kappa shape index (κ1) is 26.3. The molecule has 2 aromatic rings. The van der Waals surface area contributed by atoms with Gasteiger partial charge in [0.05, 0.1) is 5.69 Å². The maximum absolute atomic E-state index is 12.2. The maximum atomic E-state index is 12.2. The molecule has 0 radical (unpaired) electrons. The van der Waals surface area contributed by atoms with E-state index in [9.17, 15) is 10.1 Å². The number of aromatic nitrogens is 1. The zero-order chi connectivity index (χ0) is 25.8. The van der Waals surface area contributed by atoms with Crippen LogP contribution in [-0.4, -0.2) is 62.7 Å². The quantitative estimate of drug-likeness (QED) is 0.612. The van der Waals surface area contributed by atoms with Gasteiger partial charge in [-0.25, -0.2) is 0 Å². The Morgan fingerprint density at radius 1 is 1.26 bits per heavy atom. The molecule has 1 aliphatic rings. The highest BCUT2D eigenvalue weighted by molar-refractivity contribution is 5.95. The summed E-state index contributed by atoms with van der Waals surface area (Å²) in [5.41, 5.74) is 3.32. The van der Waals surface area contributed by atoms with E-state index >= 15 is 0 Å². The molecular weight excluding hydrogens is 440 g/mol. The standard InChI is InChI=1S/C27H38N6O2/c1-18-8-9-19(26(34)29-5)14-22(18)30-23-15-24(35-20-10-12-32(6)13-11-20)31-25(21(23)16-28)33(7)17-27(2,3)4/h8-9,14-15,20H,10-13,17H2,1-7H3,(H,29,34)(H,30,31). The smallest absolute Gasteiger partial charge is 0.251 e. The van der Waals surface area contributed by atoms with Crippen LogP contribution in [0.2, 0.25) is 0 Å². The molecule has 0 aliphatic carbocycles. The molecule has 1 aliphatic heterocycles. The molecule has 8 heteroatoms. The third-order valence-electron chi connectivity index (χ3n) is 6.11. The highest BCUT2D eigenvalue weighted by Crippen LogP contribution is 2.34. The summed E-state index contributed by atoms with van der Waals surface area (Å²) in [7, 11) is 5.68. The van der Waals surface area contributed by atoms with Crippen molar-refractivity contribution in [1.29, 1.82) is 5.26 Å². The predicted molar refractivity (Wildman–Crippen MR) is 141 cm³/mol. The van der Waals surface area contributed by atoms with Crippen molar-refractivity contribution < 1.29 is 9.53 Å². The first-order chi connectivity index (χ1) is 16.5. The zero-order valence-electron chi connectivity index (χ0n) is 22.0. The van der Waals surface area contributed by atoms with Gasteiger partial charge in [0.2, 0.25) is 5.88 Å². The average Bonchev–Trinajstić information content (AvgIpc) is 2.80. The summed E-state index contributed by atoms with van der Waals surface area (Å²) in [6.07, 6.45) is 1.95. The van der Waals surface area contributed by atoms with Crippen LogP contribution in [-0.2, 0) is 0 Å². The highest BCUT2D eigenvalue weighted by atomic mass is 16.5. The van der Waals surface area contributed by atoms with Crippen molar-refractivity contribution >= 4 is 23.1 Å². The molecule has 1 aromatic carbocycles. The third-order valence-corrected chi connectivity index (χ3v) is 6.11. The van der Waals surface area contributed by atoms with E-state index in [1.807, 2.05) is 24.9 Å². The van der Waals surface area contributed by atoms with E-state index in [-0.39, 0.29) is 17.4 Å². The van der Waals surface area contributed by atoms with Crippen molar-refractivity contribution in [2.75, 3.05) is 51.0 Å². The Morgan fingerprint density at radius 3 is 2.54 bits per heavy atom. The molecule has 1 saturated heterocycles. The lowest BCUT2D eigenvalue weighted by Gasteiger charge is -2.31. The lowest BCUT2D eigenvalue weighted by atomic mass is 9.96. The molecule has 188 valence electrons. The second-order valence-electron chi connectivity index (χ2n) is 10.6. The summed E-state index contributed by atoms with van der Waals surface area (Å²) in [5.74, 6) is 0.910. The lowest BCUT2D eigenvalue weighted by Crippen LogP contribution is -2.36. The fraction of sp³-hybridized carbons (Fsp3) is 0.519. The second-order valence-corrected chi connectivity index (χ2v) is 10.6. The van der Waals surface area contributed by atoms with E-state index < -0.39 is 0 Å². The average molecular weight is 479 g/mol. The van der Waals surface area contributed by atoms with Gasteiger partial charge >= 0.3 is 0 Å². The van der Waals surface area contributed by atoms with E-state index in [0.29, 0.717) is 28.5 Å². The van der Waals surface area contributed by atoms with Gasteiger partial charge in [0.15, 0.2) is 5.82 Å². The molecule has 1 amide bonds. The number of carbonyl (C=O) groups excluding carboxylic acids is 1. The summed E-state index contributed by atoms with van der Waals surface area (Å²) in [6.45, 7) is 11.1. The Hall–Kier alpha value is -3.31. The van der Waals surface area contributed by atoms with Crippen LogP contribution in [0, 0.1) is 23.7 Å². The zero-order valence-corrected chi connectivity index (χ0v) is 22.0. The number of amides is 1. The molecular formula is C27H38N6O2. The van der Waals surface area contributed by atoms with Crippen molar-refractivity contribution in [3.63, 3.8) is 0 Å². The Bertz CT molecular complexity index is 1090. The van der Waals surface area contributed by atoms with Crippen LogP contribution in [0.4, 0.5) is 17.2 Å². The number of piperidine rings is 1. The Morgan fingerprint density at radius 2 is 1.94 bits per heavy atom. The number of aryl methyl sites for hydroxylation is 1. The van der Waals surface area contributed by atoms with E-state index in [1.165, 1.54) is 0 Å². The number of carbonyl (C=O) groups is 1. The molecule has 1 fully saturated rings. The van der Waals surface area contributed by atoms with Crippen LogP contribution in [0.5, 0.6) is 5.88 Å². The van der Waals surface area contributed by atoms with Crippen molar-refractivity contribution in [2.24, 2.45) is 5.41 Å². The largest absolute Gasteiger partial charge is 0.474 e. The van der Waals surface area contributed by atoms with Gasteiger partial charge in [-0.3, -0.25) is 4.79 Å². The Balaban J connectivity index is 2.04. The van der Waals surface area contributed by atoms with Crippen LogP contribution in [0.25, 0.3) is 0 Å². The van der Waals surface area contributed by atoms with Gasteiger partial charge in [0.25, 0.3) is 5.91 Å². The number of nitrogens with one attached hydrogen (secondary N) is 2. The highest BCUT2D eigenvalue weighted by Gasteiger charge is 2.24. The van der Waals surface area contributed by atoms with E-state index in [0.717, 1.165) is 43.7 Å². The topological polar surface area (TPSA) is 93.5 Å². The van der Waals surface area contributed by atoms with Crippen molar-refractivity contribution in [3.05, 3.63) is 41.0 Å². The van der Waals surface area contributed by atoms with Crippen molar-refractivity contribution in [2.45, 2.75) is 46.6 Å². The molecule has 0 spiro atoms. The van der Waals surface area contributed by atoms with Gasteiger partial charge in [-0.15, -0.1) is 0 Å². The number of rotatable bonds is 7.